The Hall–Kier alpha value is -2.76. The standard InChI is InChI=1S/3C4H4N2/c3*1-2-4-6-5-3-1/h3*1-4H/i1D,2D;1D;. The lowest BCUT2D eigenvalue weighted by Crippen LogP contribution is -1.69. The molecule has 0 saturated carbocycles. The summed E-state index contributed by atoms with van der Waals surface area (Å²) in [5, 5.41) is 20.8. The van der Waals surface area contributed by atoms with Gasteiger partial charge in [0, 0.05) is 37.2 Å². The van der Waals surface area contributed by atoms with Crippen molar-refractivity contribution in [3.05, 3.63) is 73.5 Å². The van der Waals surface area contributed by atoms with Crippen molar-refractivity contribution in [1.29, 1.82) is 0 Å². The first kappa shape index (κ1) is 9.29. The highest BCUT2D eigenvalue weighted by molar-refractivity contribution is 4.80. The van der Waals surface area contributed by atoms with Gasteiger partial charge in [-0.1, -0.05) is 0 Å². The lowest BCUT2D eigenvalue weighted by molar-refractivity contribution is 1.03. The van der Waals surface area contributed by atoms with Crippen molar-refractivity contribution in [2.45, 2.75) is 0 Å². The lowest BCUT2D eigenvalue weighted by Gasteiger charge is -1.69. The number of aromatic nitrogens is 6. The second kappa shape index (κ2) is 10.7. The summed E-state index contributed by atoms with van der Waals surface area (Å²) >= 11 is 0. The normalized spacial score (nSPS) is 10.3. The first-order valence-corrected chi connectivity index (χ1v) is 4.89. The fraction of sp³-hybridized carbons (Fsp3) is 0. The van der Waals surface area contributed by atoms with E-state index in [0.29, 0.717) is 6.04 Å². The van der Waals surface area contributed by atoms with Crippen molar-refractivity contribution < 1.29 is 4.11 Å². The van der Waals surface area contributed by atoms with Crippen LogP contribution < -0.4 is 0 Å². The van der Waals surface area contributed by atoms with Crippen molar-refractivity contribution >= 4 is 0 Å². The molecule has 0 bridgehead atoms. The van der Waals surface area contributed by atoms with Crippen LogP contribution in [0.15, 0.2) is 73.5 Å². The summed E-state index contributed by atoms with van der Waals surface area (Å²) in [4.78, 5) is 0. The number of rotatable bonds is 0. The largest absolute Gasteiger partial charge is 0.159 e. The fourth-order valence-corrected chi connectivity index (χ4v) is 0.677. The molecule has 0 amide bonds. The van der Waals surface area contributed by atoms with Gasteiger partial charge in [0.15, 0.2) is 0 Å². The highest BCUT2D eigenvalue weighted by atomic mass is 15.1. The van der Waals surface area contributed by atoms with Gasteiger partial charge in [-0.25, -0.2) is 0 Å². The van der Waals surface area contributed by atoms with Crippen molar-refractivity contribution in [3.8, 4) is 0 Å². The van der Waals surface area contributed by atoms with Crippen molar-refractivity contribution in [2.24, 2.45) is 0 Å². The summed E-state index contributed by atoms with van der Waals surface area (Å²) in [6.07, 6.45) is 8.63. The third kappa shape index (κ3) is 8.54. The van der Waals surface area contributed by atoms with Gasteiger partial charge < -0.3 is 0 Å². The highest BCUT2D eigenvalue weighted by Crippen LogP contribution is 1.69. The predicted octanol–water partition coefficient (Wildman–Crippen LogP) is 1.43. The van der Waals surface area contributed by atoms with Gasteiger partial charge in [-0.15, -0.1) is 0 Å². The third-order valence-electron chi connectivity index (χ3n) is 1.31. The summed E-state index contributed by atoms with van der Waals surface area (Å²) in [6.45, 7) is 0. The second-order valence-electron chi connectivity index (χ2n) is 2.53. The maximum absolute atomic E-state index is 6.93. The Morgan fingerprint density at radius 1 is 0.444 bits per heavy atom. The Balaban J connectivity index is 0.000000159. The monoisotopic (exact) mass is 243 g/mol. The Bertz CT molecular complexity index is 564. The molecule has 18 heavy (non-hydrogen) atoms. The Kier molecular flexibility index (Phi) is 5.55. The molecule has 0 aliphatic heterocycles. The molecule has 3 aromatic rings. The van der Waals surface area contributed by atoms with E-state index in [4.69, 9.17) is 4.11 Å². The quantitative estimate of drug-likeness (QED) is 0.594. The summed E-state index contributed by atoms with van der Waals surface area (Å²) in [7, 11) is 0. The maximum atomic E-state index is 6.93. The van der Waals surface area contributed by atoms with E-state index in [1.165, 1.54) is 24.8 Å². The van der Waals surface area contributed by atoms with E-state index in [0.717, 1.165) is 0 Å². The molecule has 0 saturated heterocycles. The molecular formula is C12H12N6. The van der Waals surface area contributed by atoms with E-state index >= 15 is 0 Å². The van der Waals surface area contributed by atoms with E-state index in [9.17, 15) is 0 Å². The van der Waals surface area contributed by atoms with Crippen LogP contribution >= 0.6 is 0 Å². The molecule has 3 aromatic heterocycles. The Morgan fingerprint density at radius 2 is 0.833 bits per heavy atom. The average molecular weight is 243 g/mol. The zero-order chi connectivity index (χ0) is 15.3. The zero-order valence-corrected chi connectivity index (χ0v) is 9.38. The van der Waals surface area contributed by atoms with Gasteiger partial charge in [-0.3, -0.25) is 0 Å². The van der Waals surface area contributed by atoms with Gasteiger partial charge in [0.25, 0.3) is 0 Å². The fourth-order valence-electron chi connectivity index (χ4n) is 0.677. The van der Waals surface area contributed by atoms with E-state index < -0.39 is 0 Å². The number of hydrogen-bond acceptors (Lipinski definition) is 6. The van der Waals surface area contributed by atoms with Crippen LogP contribution in [0, 0.1) is 0 Å². The van der Waals surface area contributed by atoms with Gasteiger partial charge >= 0.3 is 0 Å². The summed E-state index contributed by atoms with van der Waals surface area (Å²) in [5.74, 6) is 0. The van der Waals surface area contributed by atoms with Crippen molar-refractivity contribution in [2.75, 3.05) is 0 Å². The molecule has 0 N–H and O–H groups in total. The van der Waals surface area contributed by atoms with Gasteiger partial charge in [-0.2, -0.15) is 30.6 Å². The molecule has 6 heteroatoms. The second-order valence-corrected chi connectivity index (χ2v) is 2.53. The minimum atomic E-state index is 0.111. The van der Waals surface area contributed by atoms with E-state index in [1.54, 1.807) is 18.5 Å². The molecule has 0 spiro atoms. The van der Waals surface area contributed by atoms with Gasteiger partial charge in [0.05, 0.1) is 4.11 Å². The first-order valence-electron chi connectivity index (χ1n) is 6.39. The molecule has 0 aliphatic carbocycles. The zero-order valence-electron chi connectivity index (χ0n) is 12.4. The molecule has 0 unspecified atom stereocenters. The molecule has 0 aromatic carbocycles. The molecule has 0 fully saturated rings. The first-order chi connectivity index (χ1) is 10.2. The van der Waals surface area contributed by atoms with Gasteiger partial charge in [-0.05, 0) is 36.3 Å². The van der Waals surface area contributed by atoms with Crippen LogP contribution in [0.2, 0.25) is 0 Å². The number of hydrogen-bond donors (Lipinski definition) is 0. The van der Waals surface area contributed by atoms with E-state index in [-0.39, 0.29) is 12.1 Å². The molecule has 0 radical (unpaired) electrons. The summed E-state index contributed by atoms with van der Waals surface area (Å²) in [6, 6.07) is 5.85. The topological polar surface area (TPSA) is 77.3 Å². The third-order valence-corrected chi connectivity index (χ3v) is 1.31. The molecule has 6 nitrogen and oxygen atoms in total. The SMILES string of the molecule is [2H]c1ccnnc1.[2H]c1cnncc1[2H].c1ccnnc1. The molecule has 0 aliphatic rings. The molecular weight excluding hydrogens is 228 g/mol. The summed E-state index contributed by atoms with van der Waals surface area (Å²) < 4.78 is 20.8. The van der Waals surface area contributed by atoms with E-state index in [2.05, 4.69) is 30.6 Å². The average Bonchev–Trinajstić information content (AvgIpc) is 2.54. The lowest BCUT2D eigenvalue weighted by atomic mass is 10.6. The molecule has 90 valence electrons. The smallest absolute Gasteiger partial charge is 0.0640 e. The Labute approximate surface area is 109 Å². The minimum Gasteiger partial charge on any atom is -0.159 e. The highest BCUT2D eigenvalue weighted by Gasteiger charge is 1.60. The van der Waals surface area contributed by atoms with Crippen LogP contribution in [0.25, 0.3) is 0 Å². The van der Waals surface area contributed by atoms with Gasteiger partial charge in [0.2, 0.25) is 0 Å². The van der Waals surface area contributed by atoms with Crippen LogP contribution in [-0.4, -0.2) is 30.6 Å². The number of nitrogens with zero attached hydrogens (tertiary/aromatic N) is 6. The maximum Gasteiger partial charge on any atom is 0.0640 e. The van der Waals surface area contributed by atoms with Crippen molar-refractivity contribution in [3.63, 3.8) is 0 Å². The molecule has 0 atom stereocenters. The van der Waals surface area contributed by atoms with Crippen molar-refractivity contribution in [1.82, 2.24) is 30.6 Å². The van der Waals surface area contributed by atoms with Crippen LogP contribution in [0.3, 0.4) is 0 Å². The van der Waals surface area contributed by atoms with Crippen LogP contribution in [0.1, 0.15) is 4.11 Å². The minimum absolute atomic E-state index is 0.111. The predicted molar refractivity (Wildman–Crippen MR) is 66.1 cm³/mol. The Morgan fingerprint density at radius 3 is 1.06 bits per heavy atom. The molecule has 3 heterocycles. The molecule has 3 rings (SSSR count). The van der Waals surface area contributed by atoms with Crippen LogP contribution in [-0.2, 0) is 0 Å². The summed E-state index contributed by atoms with van der Waals surface area (Å²) in [5.41, 5.74) is 0. The van der Waals surface area contributed by atoms with Crippen LogP contribution in [0.5, 0.6) is 0 Å². The van der Waals surface area contributed by atoms with Crippen LogP contribution in [0.4, 0.5) is 0 Å². The van der Waals surface area contributed by atoms with E-state index in [1.807, 2.05) is 12.1 Å². The van der Waals surface area contributed by atoms with Gasteiger partial charge in [0.1, 0.15) is 0 Å².